The van der Waals surface area contributed by atoms with Crippen molar-refractivity contribution in [1.29, 1.82) is 0 Å². The van der Waals surface area contributed by atoms with E-state index in [0.717, 1.165) is 21.7 Å². The lowest BCUT2D eigenvalue weighted by molar-refractivity contribution is 0.186. The average molecular weight is 361 g/mol. The van der Waals surface area contributed by atoms with Crippen LogP contribution in [0.25, 0.3) is 6.08 Å². The van der Waals surface area contributed by atoms with E-state index in [1.807, 2.05) is 54.6 Å². The molecule has 7 heteroatoms. The SMILES string of the molecule is COC[C@H](Nc1nc(O)c(/C=c2\ccc3c(c2)C=NN=3)[nH]1)c1ccccc1. The maximum atomic E-state index is 10.2. The van der Waals surface area contributed by atoms with Crippen LogP contribution in [0.3, 0.4) is 0 Å². The maximum absolute atomic E-state index is 10.2. The molecule has 0 saturated heterocycles. The lowest BCUT2D eigenvalue weighted by atomic mass is 10.1. The Bertz CT molecular complexity index is 1090. The van der Waals surface area contributed by atoms with Gasteiger partial charge in [-0.15, -0.1) is 0 Å². The van der Waals surface area contributed by atoms with Gasteiger partial charge in [0.2, 0.25) is 11.8 Å². The topological polar surface area (TPSA) is 94.9 Å². The smallest absolute Gasteiger partial charge is 0.238 e. The molecule has 3 aromatic rings. The molecule has 1 atom stereocenters. The van der Waals surface area contributed by atoms with E-state index in [9.17, 15) is 5.11 Å². The first-order valence-corrected chi connectivity index (χ1v) is 8.55. The Morgan fingerprint density at radius 2 is 2.07 bits per heavy atom. The second-order valence-corrected chi connectivity index (χ2v) is 6.19. The Kier molecular flexibility index (Phi) is 4.67. The van der Waals surface area contributed by atoms with Gasteiger partial charge in [0.05, 0.1) is 24.2 Å². The summed E-state index contributed by atoms with van der Waals surface area (Å²) in [6.45, 7) is 0.470. The first-order chi connectivity index (χ1) is 13.2. The van der Waals surface area contributed by atoms with Crippen molar-refractivity contribution in [3.8, 4) is 5.88 Å². The van der Waals surface area contributed by atoms with Crippen LogP contribution in [0.5, 0.6) is 5.88 Å². The third-order valence-electron chi connectivity index (χ3n) is 4.28. The Hall–Kier alpha value is -3.45. The van der Waals surface area contributed by atoms with Crippen molar-refractivity contribution in [2.24, 2.45) is 10.2 Å². The number of aromatic nitrogens is 2. The van der Waals surface area contributed by atoms with Crippen LogP contribution in [0, 0.1) is 0 Å². The molecule has 0 fully saturated rings. The van der Waals surface area contributed by atoms with Crippen molar-refractivity contribution in [2.75, 3.05) is 19.0 Å². The Balaban J connectivity index is 1.60. The number of rotatable bonds is 6. The number of aromatic hydroxyl groups is 1. The summed E-state index contributed by atoms with van der Waals surface area (Å²) in [6.07, 6.45) is 3.54. The van der Waals surface area contributed by atoms with Crippen molar-refractivity contribution in [2.45, 2.75) is 6.04 Å². The second-order valence-electron chi connectivity index (χ2n) is 6.19. The number of aromatic amines is 1. The second kappa shape index (κ2) is 7.43. The first kappa shape index (κ1) is 17.0. The summed E-state index contributed by atoms with van der Waals surface area (Å²) in [6, 6.07) is 15.6. The predicted octanol–water partition coefficient (Wildman–Crippen LogP) is 1.71. The van der Waals surface area contributed by atoms with Crippen LogP contribution in [0.15, 0.2) is 58.7 Å². The summed E-state index contributed by atoms with van der Waals surface area (Å²) < 4.78 is 5.31. The number of nitrogens with zero attached hydrogens (tertiary/aromatic N) is 3. The van der Waals surface area contributed by atoms with Gasteiger partial charge in [0.25, 0.3) is 0 Å². The normalized spacial score (nSPS) is 14.0. The molecule has 0 bridgehead atoms. The molecule has 1 aliphatic heterocycles. The first-order valence-electron chi connectivity index (χ1n) is 8.55. The fraction of sp³-hybridized carbons (Fsp3) is 0.150. The number of ether oxygens (including phenoxy) is 1. The lowest BCUT2D eigenvalue weighted by Crippen LogP contribution is -2.17. The van der Waals surface area contributed by atoms with Gasteiger partial charge in [-0.3, -0.25) is 0 Å². The molecule has 0 spiro atoms. The number of hydrogen-bond donors (Lipinski definition) is 3. The summed E-state index contributed by atoms with van der Waals surface area (Å²) in [7, 11) is 1.65. The zero-order chi connectivity index (χ0) is 18.6. The maximum Gasteiger partial charge on any atom is 0.238 e. The highest BCUT2D eigenvalue weighted by Gasteiger charge is 2.14. The van der Waals surface area contributed by atoms with Crippen LogP contribution in [0.2, 0.25) is 0 Å². The van der Waals surface area contributed by atoms with Gasteiger partial charge in [0.15, 0.2) is 0 Å². The van der Waals surface area contributed by atoms with Crippen molar-refractivity contribution in [1.82, 2.24) is 9.97 Å². The molecule has 3 N–H and O–H groups in total. The minimum absolute atomic E-state index is 0.0689. The molecule has 1 aliphatic rings. The van der Waals surface area contributed by atoms with Gasteiger partial charge in [-0.05, 0) is 29.0 Å². The molecule has 0 unspecified atom stereocenters. The molecule has 4 rings (SSSR count). The number of methoxy groups -OCH3 is 1. The van der Waals surface area contributed by atoms with Crippen LogP contribution in [-0.2, 0) is 4.74 Å². The molecule has 0 saturated carbocycles. The van der Waals surface area contributed by atoms with Gasteiger partial charge in [0, 0.05) is 12.7 Å². The molecular weight excluding hydrogens is 342 g/mol. The fourth-order valence-corrected chi connectivity index (χ4v) is 2.96. The molecule has 7 nitrogen and oxygen atoms in total. The van der Waals surface area contributed by atoms with E-state index in [1.165, 1.54) is 0 Å². The van der Waals surface area contributed by atoms with E-state index in [4.69, 9.17) is 4.74 Å². The highest BCUT2D eigenvalue weighted by molar-refractivity contribution is 5.80. The zero-order valence-electron chi connectivity index (χ0n) is 14.8. The number of benzene rings is 2. The third kappa shape index (κ3) is 3.73. The highest BCUT2D eigenvalue weighted by Crippen LogP contribution is 2.22. The van der Waals surface area contributed by atoms with E-state index >= 15 is 0 Å². The minimum atomic E-state index is -0.0904. The van der Waals surface area contributed by atoms with E-state index in [0.29, 0.717) is 18.2 Å². The lowest BCUT2D eigenvalue weighted by Gasteiger charge is -2.17. The minimum Gasteiger partial charge on any atom is -0.492 e. The number of hydrogen-bond acceptors (Lipinski definition) is 6. The summed E-state index contributed by atoms with van der Waals surface area (Å²) >= 11 is 0. The summed E-state index contributed by atoms with van der Waals surface area (Å²) in [5.74, 6) is 0.406. The molecule has 0 aliphatic carbocycles. The molecule has 136 valence electrons. The van der Waals surface area contributed by atoms with Crippen LogP contribution in [0.1, 0.15) is 22.9 Å². The van der Waals surface area contributed by atoms with Crippen molar-refractivity contribution in [3.63, 3.8) is 0 Å². The summed E-state index contributed by atoms with van der Waals surface area (Å²) in [5, 5.41) is 23.2. The van der Waals surface area contributed by atoms with E-state index < -0.39 is 0 Å². The molecule has 0 amide bonds. The molecule has 27 heavy (non-hydrogen) atoms. The number of fused-ring (bicyclic) bond motifs is 1. The van der Waals surface area contributed by atoms with Crippen LogP contribution in [-0.4, -0.2) is 35.0 Å². The quantitative estimate of drug-likeness (QED) is 0.623. The molecule has 2 heterocycles. The number of anilines is 1. The number of H-pyrrole nitrogens is 1. The largest absolute Gasteiger partial charge is 0.492 e. The summed E-state index contributed by atoms with van der Waals surface area (Å²) in [4.78, 5) is 7.30. The molecular formula is C20H19N5O2. The predicted molar refractivity (Wildman–Crippen MR) is 103 cm³/mol. The van der Waals surface area contributed by atoms with E-state index in [2.05, 4.69) is 25.5 Å². The summed E-state index contributed by atoms with van der Waals surface area (Å²) in [5.41, 5.74) is 2.54. The van der Waals surface area contributed by atoms with Crippen molar-refractivity contribution < 1.29 is 9.84 Å². The van der Waals surface area contributed by atoms with Gasteiger partial charge in [-0.25, -0.2) is 0 Å². The van der Waals surface area contributed by atoms with Crippen molar-refractivity contribution in [3.05, 3.63) is 75.9 Å². The Morgan fingerprint density at radius 3 is 2.89 bits per heavy atom. The van der Waals surface area contributed by atoms with Gasteiger partial charge in [0.1, 0.15) is 5.69 Å². The van der Waals surface area contributed by atoms with Crippen LogP contribution < -0.4 is 15.9 Å². The standard InChI is InChI=1S/C20H19N5O2/c1-27-12-18(14-5-3-2-4-6-14)23-20-22-17(19(26)24-20)10-13-7-8-16-15(9-13)11-21-25-16/h2-11,18,26H,12H2,1H3,(H2,22,23,24)/b13-10+/t18-/m0/s1. The number of imidazole rings is 1. The van der Waals surface area contributed by atoms with Crippen LogP contribution in [0.4, 0.5) is 5.95 Å². The third-order valence-corrected chi connectivity index (χ3v) is 4.28. The molecule has 1 aromatic heterocycles. The van der Waals surface area contributed by atoms with Gasteiger partial charge >= 0.3 is 0 Å². The highest BCUT2D eigenvalue weighted by atomic mass is 16.5. The molecule has 0 radical (unpaired) electrons. The monoisotopic (exact) mass is 361 g/mol. The van der Waals surface area contributed by atoms with E-state index in [-0.39, 0.29) is 11.9 Å². The van der Waals surface area contributed by atoms with Crippen LogP contribution >= 0.6 is 0 Å². The van der Waals surface area contributed by atoms with Gasteiger partial charge < -0.3 is 20.1 Å². The van der Waals surface area contributed by atoms with Crippen molar-refractivity contribution >= 4 is 18.2 Å². The zero-order valence-corrected chi connectivity index (χ0v) is 14.8. The van der Waals surface area contributed by atoms with E-state index in [1.54, 1.807) is 13.3 Å². The Labute approximate surface area is 155 Å². The Morgan fingerprint density at radius 1 is 1.22 bits per heavy atom. The van der Waals surface area contributed by atoms with Gasteiger partial charge in [-0.2, -0.15) is 15.2 Å². The fourth-order valence-electron chi connectivity index (χ4n) is 2.96. The van der Waals surface area contributed by atoms with Gasteiger partial charge in [-0.1, -0.05) is 36.4 Å². The number of nitrogens with one attached hydrogen (secondary N) is 2. The average Bonchev–Trinajstić information content (AvgIpc) is 3.28. The molecule has 2 aromatic carbocycles.